The molecule has 0 bridgehead atoms. The van der Waals surface area contributed by atoms with Gasteiger partial charge in [-0.25, -0.2) is 8.42 Å². The number of ether oxygens (including phenoxy) is 1. The van der Waals surface area contributed by atoms with Crippen LogP contribution in [-0.2, 0) is 16.6 Å². The average molecular weight is 437 g/mol. The minimum absolute atomic E-state index is 0.158. The summed E-state index contributed by atoms with van der Waals surface area (Å²) in [5.74, 6) is 0. The zero-order chi connectivity index (χ0) is 18.7. The van der Waals surface area contributed by atoms with Crippen molar-refractivity contribution >= 4 is 44.6 Å². The Labute approximate surface area is 166 Å². The van der Waals surface area contributed by atoms with Crippen molar-refractivity contribution < 1.29 is 13.2 Å². The van der Waals surface area contributed by atoms with Crippen molar-refractivity contribution in [2.75, 3.05) is 32.8 Å². The second-order valence-corrected chi connectivity index (χ2v) is 9.43. The number of hydrogen-bond donors (Lipinski definition) is 0. The normalized spacial score (nSPS) is 16.7. The van der Waals surface area contributed by atoms with Gasteiger partial charge in [-0.15, -0.1) is 10.2 Å². The van der Waals surface area contributed by atoms with Crippen LogP contribution >= 0.6 is 34.5 Å². The molecule has 0 amide bonds. The van der Waals surface area contributed by atoms with Crippen LogP contribution in [0.25, 0.3) is 0 Å². The third kappa shape index (κ3) is 4.47. The molecule has 0 radical (unpaired) electrons. The molecule has 0 N–H and O–H groups in total. The number of rotatable bonds is 6. The summed E-state index contributed by atoms with van der Waals surface area (Å²) >= 11 is 13.2. The monoisotopic (exact) mass is 436 g/mol. The van der Waals surface area contributed by atoms with E-state index in [2.05, 4.69) is 15.1 Å². The van der Waals surface area contributed by atoms with Crippen molar-refractivity contribution in [3.8, 4) is 5.19 Å². The number of halogens is 2. The number of sulfonamides is 1. The summed E-state index contributed by atoms with van der Waals surface area (Å²) in [5, 5.41) is 10.1. The van der Waals surface area contributed by atoms with Crippen LogP contribution in [0.1, 0.15) is 11.9 Å². The quantitative estimate of drug-likeness (QED) is 0.692. The molecule has 7 nitrogen and oxygen atoms in total. The molecule has 142 valence electrons. The number of aromatic nitrogens is 2. The van der Waals surface area contributed by atoms with Gasteiger partial charge in [0.15, 0.2) is 0 Å². The molecule has 0 saturated carbocycles. The molecule has 1 aromatic heterocycles. The minimum Gasteiger partial charge on any atom is -0.469 e. The van der Waals surface area contributed by atoms with Crippen molar-refractivity contribution in [2.24, 2.45) is 0 Å². The fraction of sp³-hybridized carbons (Fsp3) is 0.467. The van der Waals surface area contributed by atoms with E-state index in [-0.39, 0.29) is 9.92 Å². The smallest absolute Gasteiger partial charge is 0.294 e. The highest BCUT2D eigenvalue weighted by Crippen LogP contribution is 2.27. The molecule has 0 aliphatic carbocycles. The van der Waals surface area contributed by atoms with Crippen LogP contribution in [0.5, 0.6) is 5.19 Å². The van der Waals surface area contributed by atoms with Crippen molar-refractivity contribution in [2.45, 2.75) is 18.4 Å². The molecule has 1 aliphatic heterocycles. The van der Waals surface area contributed by atoms with Crippen LogP contribution in [0.3, 0.4) is 0 Å². The van der Waals surface area contributed by atoms with E-state index < -0.39 is 10.0 Å². The van der Waals surface area contributed by atoms with Crippen molar-refractivity contribution in [3.05, 3.63) is 33.3 Å². The number of piperazine rings is 1. The molecule has 11 heteroatoms. The van der Waals surface area contributed by atoms with E-state index in [0.717, 1.165) is 5.01 Å². The predicted molar refractivity (Wildman–Crippen MR) is 102 cm³/mol. The van der Waals surface area contributed by atoms with E-state index in [1.54, 1.807) is 0 Å². The second kappa shape index (κ2) is 8.37. The van der Waals surface area contributed by atoms with Crippen molar-refractivity contribution in [3.63, 3.8) is 0 Å². The Hall–Kier alpha value is -0.970. The predicted octanol–water partition coefficient (Wildman–Crippen LogP) is 2.75. The van der Waals surface area contributed by atoms with Gasteiger partial charge in [0.2, 0.25) is 10.0 Å². The molecule has 0 atom stereocenters. The van der Waals surface area contributed by atoms with Gasteiger partial charge in [-0.05, 0) is 25.1 Å². The summed E-state index contributed by atoms with van der Waals surface area (Å²) in [7, 11) is -3.58. The first-order chi connectivity index (χ1) is 12.4. The van der Waals surface area contributed by atoms with E-state index >= 15 is 0 Å². The lowest BCUT2D eigenvalue weighted by Gasteiger charge is -2.33. The maximum Gasteiger partial charge on any atom is 0.294 e. The van der Waals surface area contributed by atoms with Gasteiger partial charge in [0, 0.05) is 26.2 Å². The van der Waals surface area contributed by atoms with Crippen molar-refractivity contribution in [1.29, 1.82) is 0 Å². The van der Waals surface area contributed by atoms with Crippen LogP contribution in [-0.4, -0.2) is 60.6 Å². The fourth-order valence-electron chi connectivity index (χ4n) is 2.59. The zero-order valence-corrected chi connectivity index (χ0v) is 17.2. The molecule has 1 aliphatic rings. The first kappa shape index (κ1) is 19.8. The summed E-state index contributed by atoms with van der Waals surface area (Å²) < 4.78 is 32.3. The van der Waals surface area contributed by atoms with Gasteiger partial charge in [-0.3, -0.25) is 4.90 Å². The van der Waals surface area contributed by atoms with Crippen LogP contribution in [0.4, 0.5) is 0 Å². The lowest BCUT2D eigenvalue weighted by atomic mass is 10.3. The van der Waals surface area contributed by atoms with Crippen LogP contribution in [0.2, 0.25) is 10.0 Å². The first-order valence-corrected chi connectivity index (χ1v) is 11.0. The molecule has 0 spiro atoms. The van der Waals surface area contributed by atoms with Gasteiger partial charge >= 0.3 is 0 Å². The largest absolute Gasteiger partial charge is 0.469 e. The summed E-state index contributed by atoms with van der Waals surface area (Å²) in [6, 6.07) is 4.37. The lowest BCUT2D eigenvalue weighted by Crippen LogP contribution is -2.48. The van der Waals surface area contributed by atoms with E-state index in [1.165, 1.54) is 33.8 Å². The molecular weight excluding hydrogens is 419 g/mol. The highest BCUT2D eigenvalue weighted by molar-refractivity contribution is 7.89. The Morgan fingerprint density at radius 2 is 1.88 bits per heavy atom. The third-order valence-corrected chi connectivity index (χ3v) is 7.39. The van der Waals surface area contributed by atoms with Gasteiger partial charge < -0.3 is 4.74 Å². The van der Waals surface area contributed by atoms with Gasteiger partial charge in [-0.1, -0.05) is 34.5 Å². The van der Waals surface area contributed by atoms with Gasteiger partial charge in [0.25, 0.3) is 5.19 Å². The van der Waals surface area contributed by atoms with Crippen LogP contribution < -0.4 is 4.74 Å². The fourth-order valence-corrected chi connectivity index (χ4v) is 5.19. The summed E-state index contributed by atoms with van der Waals surface area (Å²) in [6.07, 6.45) is 0. The number of benzene rings is 1. The number of nitrogens with zero attached hydrogens (tertiary/aromatic N) is 4. The standard InChI is InChI=1S/C15H18Cl2N4O3S2/c1-2-24-15-19-18-14(25-15)10-20-5-7-21(8-6-20)26(22,23)11-3-4-12(16)13(17)9-11/h3-4,9H,2,5-8,10H2,1H3. The Balaban J connectivity index is 1.61. The maximum atomic E-state index is 12.8. The van der Waals surface area contributed by atoms with Gasteiger partial charge in [-0.2, -0.15) is 4.31 Å². The Kier molecular flexibility index (Phi) is 6.37. The molecule has 0 unspecified atom stereocenters. The molecule has 1 aromatic carbocycles. The van der Waals surface area contributed by atoms with Gasteiger partial charge in [0.05, 0.1) is 28.1 Å². The first-order valence-electron chi connectivity index (χ1n) is 8.03. The SMILES string of the molecule is CCOc1nnc(CN2CCN(S(=O)(=O)c3ccc(Cl)c(Cl)c3)CC2)s1. The van der Waals surface area contributed by atoms with E-state index in [1.807, 2.05) is 6.92 Å². The molecule has 2 heterocycles. The second-order valence-electron chi connectivity index (χ2n) is 5.65. The lowest BCUT2D eigenvalue weighted by molar-refractivity contribution is 0.181. The molecule has 2 aromatic rings. The maximum absolute atomic E-state index is 12.8. The van der Waals surface area contributed by atoms with E-state index in [4.69, 9.17) is 27.9 Å². The highest BCUT2D eigenvalue weighted by atomic mass is 35.5. The summed E-state index contributed by atoms with van der Waals surface area (Å²) in [4.78, 5) is 2.31. The molecule has 3 rings (SSSR count). The van der Waals surface area contributed by atoms with E-state index in [9.17, 15) is 8.42 Å². The van der Waals surface area contributed by atoms with E-state index in [0.29, 0.717) is 49.5 Å². The Bertz CT molecular complexity index is 868. The van der Waals surface area contributed by atoms with Gasteiger partial charge in [0.1, 0.15) is 5.01 Å². The highest BCUT2D eigenvalue weighted by Gasteiger charge is 2.29. The Morgan fingerprint density at radius 3 is 2.54 bits per heavy atom. The number of hydrogen-bond acceptors (Lipinski definition) is 7. The molecule has 1 saturated heterocycles. The minimum atomic E-state index is -3.58. The summed E-state index contributed by atoms with van der Waals surface area (Å²) in [5.41, 5.74) is 0. The third-order valence-electron chi connectivity index (χ3n) is 3.94. The van der Waals surface area contributed by atoms with Crippen LogP contribution in [0, 0.1) is 0 Å². The zero-order valence-electron chi connectivity index (χ0n) is 14.1. The Morgan fingerprint density at radius 1 is 1.15 bits per heavy atom. The topological polar surface area (TPSA) is 75.6 Å². The van der Waals surface area contributed by atoms with Crippen LogP contribution in [0.15, 0.2) is 23.1 Å². The summed E-state index contributed by atoms with van der Waals surface area (Å²) in [6.45, 7) is 5.12. The average Bonchev–Trinajstić information content (AvgIpc) is 3.05. The molecular formula is C15H18Cl2N4O3S2. The molecule has 26 heavy (non-hydrogen) atoms. The van der Waals surface area contributed by atoms with Crippen molar-refractivity contribution in [1.82, 2.24) is 19.4 Å². The molecule has 1 fully saturated rings.